The lowest BCUT2D eigenvalue weighted by Gasteiger charge is -2.23. The van der Waals surface area contributed by atoms with Crippen LogP contribution in [0.25, 0.3) is 0 Å². The van der Waals surface area contributed by atoms with E-state index in [2.05, 4.69) is 6.07 Å². The molecule has 3 rings (SSSR count). The highest BCUT2D eigenvalue weighted by Gasteiger charge is 2.23. The van der Waals surface area contributed by atoms with Crippen molar-refractivity contribution in [3.8, 4) is 11.5 Å². The number of hydrogen-bond donors (Lipinski definition) is 0. The zero-order valence-corrected chi connectivity index (χ0v) is 18.9. The molecule has 0 saturated carbocycles. The second-order valence-electron chi connectivity index (χ2n) is 7.93. The minimum atomic E-state index is -0.0457. The summed E-state index contributed by atoms with van der Waals surface area (Å²) in [6, 6.07) is 11.3. The van der Waals surface area contributed by atoms with E-state index >= 15 is 0 Å². The molecule has 31 heavy (non-hydrogen) atoms. The summed E-state index contributed by atoms with van der Waals surface area (Å²) >= 11 is 0. The molecule has 1 saturated heterocycles. The van der Waals surface area contributed by atoms with E-state index in [9.17, 15) is 9.59 Å². The number of ether oxygens (including phenoxy) is 2. The monoisotopic (exact) mass is 424 g/mol. The van der Waals surface area contributed by atoms with Gasteiger partial charge >= 0.3 is 0 Å². The van der Waals surface area contributed by atoms with Crippen molar-refractivity contribution in [1.82, 2.24) is 9.80 Å². The van der Waals surface area contributed by atoms with E-state index in [0.717, 1.165) is 34.6 Å². The summed E-state index contributed by atoms with van der Waals surface area (Å²) < 4.78 is 11.3. The van der Waals surface area contributed by atoms with Crippen molar-refractivity contribution in [1.29, 1.82) is 0 Å². The molecule has 166 valence electrons. The third-order valence-electron chi connectivity index (χ3n) is 5.76. The first-order valence-corrected chi connectivity index (χ1v) is 10.9. The zero-order chi connectivity index (χ0) is 22.4. The topological polar surface area (TPSA) is 59.1 Å². The average Bonchev–Trinajstić information content (AvgIpc) is 3.03. The molecule has 2 amide bonds. The minimum Gasteiger partial charge on any atom is -0.494 e. The molecule has 2 aromatic rings. The Labute approximate surface area is 184 Å². The fourth-order valence-electron chi connectivity index (χ4n) is 3.79. The van der Waals surface area contributed by atoms with E-state index in [1.54, 1.807) is 17.0 Å². The molecule has 0 aromatic heterocycles. The highest BCUT2D eigenvalue weighted by atomic mass is 16.5. The average molecular weight is 425 g/mol. The van der Waals surface area contributed by atoms with E-state index in [-0.39, 0.29) is 18.4 Å². The van der Waals surface area contributed by atoms with E-state index < -0.39 is 0 Å². The first-order chi connectivity index (χ1) is 14.9. The van der Waals surface area contributed by atoms with Crippen LogP contribution in [-0.4, -0.2) is 61.0 Å². The molecular weight excluding hydrogens is 392 g/mol. The van der Waals surface area contributed by atoms with Gasteiger partial charge in [0.05, 0.1) is 6.61 Å². The quantitative estimate of drug-likeness (QED) is 0.708. The molecule has 1 fully saturated rings. The highest BCUT2D eigenvalue weighted by molar-refractivity contribution is 5.94. The second-order valence-corrected chi connectivity index (χ2v) is 7.93. The molecule has 6 heteroatoms. The van der Waals surface area contributed by atoms with Crippen molar-refractivity contribution < 1.29 is 19.1 Å². The van der Waals surface area contributed by atoms with Crippen LogP contribution < -0.4 is 9.47 Å². The Morgan fingerprint density at radius 2 is 1.48 bits per heavy atom. The van der Waals surface area contributed by atoms with Crippen LogP contribution in [0.4, 0.5) is 0 Å². The van der Waals surface area contributed by atoms with Gasteiger partial charge in [0.15, 0.2) is 6.61 Å². The van der Waals surface area contributed by atoms with Gasteiger partial charge in [0, 0.05) is 31.7 Å². The van der Waals surface area contributed by atoms with Crippen LogP contribution in [0, 0.1) is 20.8 Å². The third kappa shape index (κ3) is 5.57. The van der Waals surface area contributed by atoms with Crippen LogP contribution in [0.15, 0.2) is 36.4 Å². The third-order valence-corrected chi connectivity index (χ3v) is 5.76. The van der Waals surface area contributed by atoms with Gasteiger partial charge in [-0.15, -0.1) is 0 Å². The first-order valence-electron chi connectivity index (χ1n) is 10.9. The molecule has 6 nitrogen and oxygen atoms in total. The van der Waals surface area contributed by atoms with Gasteiger partial charge in [0.25, 0.3) is 11.8 Å². The standard InChI is InChI=1S/C25H32N2O4/c1-5-30-22-11-9-21(10-12-22)25(29)27-14-6-13-26(15-16-27)23(28)17-31-24-19(3)8-7-18(2)20(24)4/h7-12H,5-6,13-17H2,1-4H3. The maximum Gasteiger partial charge on any atom is 0.260 e. The Balaban J connectivity index is 1.56. The fourth-order valence-corrected chi connectivity index (χ4v) is 3.79. The number of carbonyl (C=O) groups is 2. The molecular formula is C25H32N2O4. The van der Waals surface area contributed by atoms with Gasteiger partial charge in [-0.25, -0.2) is 0 Å². The molecule has 0 unspecified atom stereocenters. The smallest absolute Gasteiger partial charge is 0.260 e. The van der Waals surface area contributed by atoms with Crippen molar-refractivity contribution in [2.75, 3.05) is 39.4 Å². The van der Waals surface area contributed by atoms with Crippen LogP contribution in [0.5, 0.6) is 11.5 Å². The Bertz CT molecular complexity index is 924. The van der Waals surface area contributed by atoms with Gasteiger partial charge < -0.3 is 19.3 Å². The van der Waals surface area contributed by atoms with Gasteiger partial charge in [-0.05, 0) is 75.1 Å². The molecule has 1 aliphatic heterocycles. The van der Waals surface area contributed by atoms with Gasteiger partial charge in [-0.2, -0.15) is 0 Å². The summed E-state index contributed by atoms with van der Waals surface area (Å²) in [5, 5.41) is 0. The number of amides is 2. The largest absolute Gasteiger partial charge is 0.494 e. The summed E-state index contributed by atoms with van der Waals surface area (Å²) in [6.07, 6.45) is 0.747. The predicted octanol–water partition coefficient (Wildman–Crippen LogP) is 3.76. The van der Waals surface area contributed by atoms with Crippen LogP contribution in [0.2, 0.25) is 0 Å². The van der Waals surface area contributed by atoms with Crippen molar-refractivity contribution in [2.24, 2.45) is 0 Å². The van der Waals surface area contributed by atoms with E-state index in [1.807, 2.05) is 50.8 Å². The lowest BCUT2D eigenvalue weighted by atomic mass is 10.1. The lowest BCUT2D eigenvalue weighted by molar-refractivity contribution is -0.133. The number of aryl methyl sites for hydroxylation is 2. The first kappa shape index (κ1) is 22.7. The summed E-state index contributed by atoms with van der Waals surface area (Å²) in [6.45, 7) is 10.9. The van der Waals surface area contributed by atoms with E-state index in [1.165, 1.54) is 0 Å². The zero-order valence-electron chi connectivity index (χ0n) is 18.9. The highest BCUT2D eigenvalue weighted by Crippen LogP contribution is 2.25. The van der Waals surface area contributed by atoms with Gasteiger partial charge in [0.1, 0.15) is 11.5 Å². The lowest BCUT2D eigenvalue weighted by Crippen LogP contribution is -2.39. The maximum atomic E-state index is 12.9. The maximum absolute atomic E-state index is 12.9. The molecule has 0 N–H and O–H groups in total. The Morgan fingerprint density at radius 3 is 2.19 bits per heavy atom. The number of rotatable bonds is 6. The van der Waals surface area contributed by atoms with Crippen LogP contribution in [0.3, 0.4) is 0 Å². The summed E-state index contributed by atoms with van der Waals surface area (Å²) in [5.41, 5.74) is 3.87. The summed E-state index contributed by atoms with van der Waals surface area (Å²) in [4.78, 5) is 29.2. The Kier molecular flexibility index (Phi) is 7.55. The van der Waals surface area contributed by atoms with Crippen LogP contribution in [0.1, 0.15) is 40.4 Å². The molecule has 0 atom stereocenters. The summed E-state index contributed by atoms with van der Waals surface area (Å²) in [7, 11) is 0. The minimum absolute atomic E-state index is 0.0119. The Hall–Kier alpha value is -3.02. The SMILES string of the molecule is CCOc1ccc(C(=O)N2CCCN(C(=O)COc3c(C)ccc(C)c3C)CC2)cc1. The molecule has 1 aliphatic rings. The number of carbonyl (C=O) groups excluding carboxylic acids is 2. The van der Waals surface area contributed by atoms with Crippen LogP contribution >= 0.6 is 0 Å². The Morgan fingerprint density at radius 1 is 0.839 bits per heavy atom. The molecule has 0 radical (unpaired) electrons. The van der Waals surface area contributed by atoms with Gasteiger partial charge in [-0.1, -0.05) is 12.1 Å². The number of benzene rings is 2. The van der Waals surface area contributed by atoms with Gasteiger partial charge in [-0.3, -0.25) is 9.59 Å². The molecule has 0 spiro atoms. The van der Waals surface area contributed by atoms with Crippen molar-refractivity contribution in [2.45, 2.75) is 34.1 Å². The van der Waals surface area contributed by atoms with Gasteiger partial charge in [0.2, 0.25) is 0 Å². The van der Waals surface area contributed by atoms with Crippen molar-refractivity contribution in [3.05, 3.63) is 58.7 Å². The summed E-state index contributed by atoms with van der Waals surface area (Å²) in [5.74, 6) is 1.48. The normalized spacial score (nSPS) is 14.2. The van der Waals surface area contributed by atoms with Crippen molar-refractivity contribution >= 4 is 11.8 Å². The predicted molar refractivity (Wildman–Crippen MR) is 121 cm³/mol. The molecule has 0 aliphatic carbocycles. The number of hydrogen-bond acceptors (Lipinski definition) is 4. The number of nitrogens with zero attached hydrogens (tertiary/aromatic N) is 2. The molecule has 1 heterocycles. The molecule has 2 aromatic carbocycles. The van der Waals surface area contributed by atoms with E-state index in [4.69, 9.17) is 9.47 Å². The fraction of sp³-hybridized carbons (Fsp3) is 0.440. The van der Waals surface area contributed by atoms with E-state index in [0.29, 0.717) is 38.3 Å². The van der Waals surface area contributed by atoms with Crippen molar-refractivity contribution in [3.63, 3.8) is 0 Å². The van der Waals surface area contributed by atoms with Crippen LogP contribution in [-0.2, 0) is 4.79 Å². The molecule has 0 bridgehead atoms. The second kappa shape index (κ2) is 10.3.